The van der Waals surface area contributed by atoms with Gasteiger partial charge in [-0.3, -0.25) is 4.90 Å². The van der Waals surface area contributed by atoms with Crippen LogP contribution in [-0.4, -0.2) is 34.5 Å². The molecule has 0 amide bonds. The second-order valence-corrected chi connectivity index (χ2v) is 6.51. The molecular formula is C19H22N4O. The predicted molar refractivity (Wildman–Crippen MR) is 94.9 cm³/mol. The van der Waals surface area contributed by atoms with Crippen molar-refractivity contribution in [1.29, 1.82) is 0 Å². The van der Waals surface area contributed by atoms with Gasteiger partial charge in [0.1, 0.15) is 11.3 Å². The van der Waals surface area contributed by atoms with Crippen molar-refractivity contribution in [2.75, 3.05) is 25.0 Å². The Morgan fingerprint density at radius 1 is 1.17 bits per heavy atom. The fraction of sp³-hybridized carbons (Fsp3) is 0.368. The minimum absolute atomic E-state index is 0.636. The maximum Gasteiger partial charge on any atom is 0.209 e. The molecular weight excluding hydrogens is 300 g/mol. The molecule has 3 aromatic rings. The van der Waals surface area contributed by atoms with E-state index in [0.29, 0.717) is 5.92 Å². The molecule has 1 saturated heterocycles. The second-order valence-electron chi connectivity index (χ2n) is 6.51. The normalized spacial score (nSPS) is 18.3. The molecule has 1 aliphatic heterocycles. The molecule has 1 fully saturated rings. The number of anilines is 1. The lowest BCUT2D eigenvalue weighted by atomic mass is 10.1. The number of hydrogen-bond acceptors (Lipinski definition) is 5. The van der Waals surface area contributed by atoms with Crippen LogP contribution in [0.3, 0.4) is 0 Å². The van der Waals surface area contributed by atoms with Crippen LogP contribution in [-0.2, 0) is 6.54 Å². The molecule has 5 heteroatoms. The van der Waals surface area contributed by atoms with Crippen LogP contribution in [0.25, 0.3) is 11.1 Å². The van der Waals surface area contributed by atoms with Crippen LogP contribution in [0.15, 0.2) is 46.9 Å². The van der Waals surface area contributed by atoms with Gasteiger partial charge < -0.3 is 9.73 Å². The van der Waals surface area contributed by atoms with Gasteiger partial charge in [0.15, 0.2) is 5.58 Å². The predicted octanol–water partition coefficient (Wildman–Crippen LogP) is 3.47. The lowest BCUT2D eigenvalue weighted by molar-refractivity contribution is 0.286. The van der Waals surface area contributed by atoms with Gasteiger partial charge in [-0.15, -0.1) is 0 Å². The van der Waals surface area contributed by atoms with E-state index in [0.717, 1.165) is 54.7 Å². The van der Waals surface area contributed by atoms with Crippen LogP contribution in [0.4, 0.5) is 5.82 Å². The van der Waals surface area contributed by atoms with Crippen molar-refractivity contribution in [2.45, 2.75) is 19.9 Å². The molecule has 1 aliphatic rings. The third-order valence-corrected chi connectivity index (χ3v) is 4.53. The molecule has 0 aliphatic carbocycles. The van der Waals surface area contributed by atoms with Gasteiger partial charge in [-0.2, -0.15) is 0 Å². The standard InChI is InChI=1S/C19H22N4O/c1-14-5-4-8-18(21-14)20-11-15-9-10-23(12-15)13-19-22-16-6-2-3-7-17(16)24-19/h2-8,15H,9-13H2,1H3,(H,20,21)/t15-/m0/s1. The first-order chi connectivity index (χ1) is 11.8. The molecule has 3 heterocycles. The van der Waals surface area contributed by atoms with Crippen LogP contribution < -0.4 is 5.32 Å². The van der Waals surface area contributed by atoms with E-state index in [9.17, 15) is 0 Å². The van der Waals surface area contributed by atoms with E-state index in [-0.39, 0.29) is 0 Å². The molecule has 4 rings (SSSR count). The van der Waals surface area contributed by atoms with E-state index >= 15 is 0 Å². The minimum atomic E-state index is 0.636. The zero-order valence-electron chi connectivity index (χ0n) is 13.9. The van der Waals surface area contributed by atoms with Gasteiger partial charge in [0.05, 0.1) is 6.54 Å². The van der Waals surface area contributed by atoms with Crippen LogP contribution in [0.1, 0.15) is 18.0 Å². The van der Waals surface area contributed by atoms with E-state index in [1.807, 2.05) is 49.4 Å². The maximum atomic E-state index is 5.83. The average molecular weight is 322 g/mol. The zero-order valence-corrected chi connectivity index (χ0v) is 13.9. The summed E-state index contributed by atoms with van der Waals surface area (Å²) in [6.45, 7) is 5.92. The lowest BCUT2D eigenvalue weighted by Crippen LogP contribution is -2.23. The number of benzene rings is 1. The zero-order chi connectivity index (χ0) is 16.4. The van der Waals surface area contributed by atoms with Gasteiger partial charge in [-0.25, -0.2) is 9.97 Å². The van der Waals surface area contributed by atoms with E-state index in [1.54, 1.807) is 0 Å². The van der Waals surface area contributed by atoms with Crippen molar-refractivity contribution in [3.05, 3.63) is 54.0 Å². The van der Waals surface area contributed by atoms with Crippen LogP contribution in [0, 0.1) is 12.8 Å². The second kappa shape index (κ2) is 6.61. The monoisotopic (exact) mass is 322 g/mol. The molecule has 0 saturated carbocycles. The number of pyridine rings is 1. The minimum Gasteiger partial charge on any atom is -0.439 e. The molecule has 24 heavy (non-hydrogen) atoms. The topological polar surface area (TPSA) is 54.2 Å². The SMILES string of the molecule is Cc1cccc(NC[C@@H]2CCN(Cc3nc4ccccc4o3)C2)n1. The number of rotatable bonds is 5. The summed E-state index contributed by atoms with van der Waals surface area (Å²) in [5.41, 5.74) is 2.86. The molecule has 2 aromatic heterocycles. The first-order valence-electron chi connectivity index (χ1n) is 8.50. The Labute approximate surface area is 141 Å². The van der Waals surface area contributed by atoms with Crippen molar-refractivity contribution in [3.8, 4) is 0 Å². The highest BCUT2D eigenvalue weighted by molar-refractivity contribution is 5.72. The molecule has 1 N–H and O–H groups in total. The molecule has 124 valence electrons. The highest BCUT2D eigenvalue weighted by Crippen LogP contribution is 2.21. The summed E-state index contributed by atoms with van der Waals surface area (Å²) >= 11 is 0. The third-order valence-electron chi connectivity index (χ3n) is 4.53. The number of aromatic nitrogens is 2. The highest BCUT2D eigenvalue weighted by Gasteiger charge is 2.23. The number of oxazole rings is 1. The quantitative estimate of drug-likeness (QED) is 0.779. The summed E-state index contributed by atoms with van der Waals surface area (Å²) in [4.78, 5) is 11.5. The third kappa shape index (κ3) is 3.41. The van der Waals surface area contributed by atoms with Crippen LogP contribution in [0.5, 0.6) is 0 Å². The summed E-state index contributed by atoms with van der Waals surface area (Å²) in [7, 11) is 0. The number of nitrogens with one attached hydrogen (secondary N) is 1. The van der Waals surface area contributed by atoms with Crippen molar-refractivity contribution in [2.24, 2.45) is 5.92 Å². The number of nitrogens with zero attached hydrogens (tertiary/aromatic N) is 3. The Bertz CT molecular complexity index is 796. The number of para-hydroxylation sites is 2. The van der Waals surface area contributed by atoms with Crippen molar-refractivity contribution in [1.82, 2.24) is 14.9 Å². The number of aryl methyl sites for hydroxylation is 1. The summed E-state index contributed by atoms with van der Waals surface area (Å²) in [5, 5.41) is 3.46. The van der Waals surface area contributed by atoms with Crippen molar-refractivity contribution < 1.29 is 4.42 Å². The van der Waals surface area contributed by atoms with Crippen molar-refractivity contribution >= 4 is 16.9 Å². The molecule has 1 aromatic carbocycles. The number of likely N-dealkylation sites (tertiary alicyclic amines) is 1. The molecule has 5 nitrogen and oxygen atoms in total. The molecule has 1 atom stereocenters. The fourth-order valence-corrected chi connectivity index (χ4v) is 3.29. The largest absolute Gasteiger partial charge is 0.439 e. The van der Waals surface area contributed by atoms with Crippen molar-refractivity contribution in [3.63, 3.8) is 0 Å². The van der Waals surface area contributed by atoms with Crippen LogP contribution in [0.2, 0.25) is 0 Å². The summed E-state index contributed by atoms with van der Waals surface area (Å²) < 4.78 is 5.83. The average Bonchev–Trinajstić information content (AvgIpc) is 3.19. The molecule has 0 spiro atoms. The summed E-state index contributed by atoms with van der Waals surface area (Å²) in [6, 6.07) is 14.0. The Kier molecular flexibility index (Phi) is 4.17. The first kappa shape index (κ1) is 15.1. The molecule has 0 bridgehead atoms. The highest BCUT2D eigenvalue weighted by atomic mass is 16.3. The van der Waals surface area contributed by atoms with Gasteiger partial charge in [0.25, 0.3) is 0 Å². The Balaban J connectivity index is 1.31. The first-order valence-corrected chi connectivity index (χ1v) is 8.50. The Hall–Kier alpha value is -2.40. The summed E-state index contributed by atoms with van der Waals surface area (Å²) in [6.07, 6.45) is 1.19. The van der Waals surface area contributed by atoms with E-state index < -0.39 is 0 Å². The number of fused-ring (bicyclic) bond motifs is 1. The van der Waals surface area contributed by atoms with E-state index in [1.165, 1.54) is 6.42 Å². The van der Waals surface area contributed by atoms with Gasteiger partial charge in [0, 0.05) is 18.8 Å². The lowest BCUT2D eigenvalue weighted by Gasteiger charge is -2.14. The van der Waals surface area contributed by atoms with Crippen LogP contribution >= 0.6 is 0 Å². The van der Waals surface area contributed by atoms with E-state index in [2.05, 4.69) is 20.2 Å². The Morgan fingerprint density at radius 3 is 2.96 bits per heavy atom. The van der Waals surface area contributed by atoms with Gasteiger partial charge in [-0.05, 0) is 50.1 Å². The van der Waals surface area contributed by atoms with Gasteiger partial charge in [-0.1, -0.05) is 18.2 Å². The van der Waals surface area contributed by atoms with Gasteiger partial charge in [0.2, 0.25) is 5.89 Å². The fourth-order valence-electron chi connectivity index (χ4n) is 3.29. The summed E-state index contributed by atoms with van der Waals surface area (Å²) in [5.74, 6) is 2.41. The molecule has 0 radical (unpaired) electrons. The number of hydrogen-bond donors (Lipinski definition) is 1. The maximum absolute atomic E-state index is 5.83. The molecule has 0 unspecified atom stereocenters. The Morgan fingerprint density at radius 2 is 2.08 bits per heavy atom. The van der Waals surface area contributed by atoms with Gasteiger partial charge >= 0.3 is 0 Å². The smallest absolute Gasteiger partial charge is 0.209 e. The van der Waals surface area contributed by atoms with E-state index in [4.69, 9.17) is 4.42 Å².